The first-order chi connectivity index (χ1) is 5.18. The molecule has 0 saturated carbocycles. The van der Waals surface area contributed by atoms with E-state index in [2.05, 4.69) is 34.0 Å². The fraction of sp³-hybridized carbons (Fsp3) is 0.625. The van der Waals surface area contributed by atoms with Crippen LogP contribution in [0.1, 0.15) is 19.0 Å². The minimum atomic E-state index is 0.588. The minimum absolute atomic E-state index is 0.588. The zero-order chi connectivity index (χ0) is 8.27. The number of aromatic nitrogens is 2. The van der Waals surface area contributed by atoms with Crippen molar-refractivity contribution in [2.75, 3.05) is 0 Å². The molecule has 1 rings (SSSR count). The fourth-order valence-electron chi connectivity index (χ4n) is 0.943. The Kier molecular flexibility index (Phi) is 3.12. The lowest BCUT2D eigenvalue weighted by molar-refractivity contribution is 0.720. The van der Waals surface area contributed by atoms with Crippen LogP contribution in [-0.4, -0.2) is 14.6 Å². The Bertz CT molecular complexity index is 218. The lowest BCUT2D eigenvalue weighted by atomic mass is 10.2. The summed E-state index contributed by atoms with van der Waals surface area (Å²) in [5.41, 5.74) is 1.18. The van der Waals surface area contributed by atoms with Crippen molar-refractivity contribution in [3.63, 3.8) is 0 Å². The monoisotopic (exact) mass is 216 g/mol. The molecular weight excluding hydrogens is 204 g/mol. The molecule has 1 heterocycles. The summed E-state index contributed by atoms with van der Waals surface area (Å²) in [4.78, 5) is 0.588. The second-order valence-electron chi connectivity index (χ2n) is 2.80. The average Bonchev–Trinajstić information content (AvgIpc) is 2.31. The second-order valence-corrected chi connectivity index (χ2v) is 4.36. The molecule has 1 aromatic heterocycles. The lowest BCUT2D eigenvalue weighted by Gasteiger charge is -1.98. The van der Waals surface area contributed by atoms with E-state index in [-0.39, 0.29) is 0 Å². The van der Waals surface area contributed by atoms with Gasteiger partial charge < -0.3 is 0 Å². The van der Waals surface area contributed by atoms with Crippen LogP contribution in [0.3, 0.4) is 0 Å². The third-order valence-electron chi connectivity index (χ3n) is 1.57. The van der Waals surface area contributed by atoms with E-state index in [1.807, 2.05) is 17.9 Å². The first-order valence-corrected chi connectivity index (χ1v) is 4.72. The van der Waals surface area contributed by atoms with Gasteiger partial charge in [-0.2, -0.15) is 5.10 Å². The number of rotatable bonds is 3. The summed E-state index contributed by atoms with van der Waals surface area (Å²) in [6.07, 6.45) is 4.19. The van der Waals surface area contributed by atoms with E-state index in [1.54, 1.807) is 0 Å². The normalized spacial score (nSPS) is 13.4. The van der Waals surface area contributed by atoms with Crippen molar-refractivity contribution in [1.82, 2.24) is 9.78 Å². The molecular formula is C8H13BrN2. The SMILES string of the molecule is CC(Br)CCc1ccn(C)n1. The largest absolute Gasteiger partial charge is 0.276 e. The molecule has 1 aromatic rings. The average molecular weight is 217 g/mol. The summed E-state index contributed by atoms with van der Waals surface area (Å²) < 4.78 is 1.84. The summed E-state index contributed by atoms with van der Waals surface area (Å²) in [7, 11) is 1.95. The highest BCUT2D eigenvalue weighted by atomic mass is 79.9. The van der Waals surface area contributed by atoms with Gasteiger partial charge in [0.15, 0.2) is 0 Å². The van der Waals surface area contributed by atoms with Gasteiger partial charge in [-0.25, -0.2) is 0 Å². The van der Waals surface area contributed by atoms with Crippen molar-refractivity contribution >= 4 is 15.9 Å². The van der Waals surface area contributed by atoms with E-state index >= 15 is 0 Å². The van der Waals surface area contributed by atoms with Gasteiger partial charge in [0.2, 0.25) is 0 Å². The van der Waals surface area contributed by atoms with E-state index in [4.69, 9.17) is 0 Å². The quantitative estimate of drug-likeness (QED) is 0.709. The van der Waals surface area contributed by atoms with Crippen LogP contribution >= 0.6 is 15.9 Å². The first-order valence-electron chi connectivity index (χ1n) is 3.81. The highest BCUT2D eigenvalue weighted by molar-refractivity contribution is 9.09. The molecule has 0 N–H and O–H groups in total. The van der Waals surface area contributed by atoms with Crippen molar-refractivity contribution in [1.29, 1.82) is 0 Å². The Morgan fingerprint density at radius 3 is 2.91 bits per heavy atom. The molecule has 3 heteroatoms. The van der Waals surface area contributed by atoms with Gasteiger partial charge in [0.1, 0.15) is 0 Å². The van der Waals surface area contributed by atoms with Crippen molar-refractivity contribution < 1.29 is 0 Å². The summed E-state index contributed by atoms with van der Waals surface area (Å²) in [6.45, 7) is 2.16. The van der Waals surface area contributed by atoms with E-state index in [1.165, 1.54) is 5.69 Å². The molecule has 11 heavy (non-hydrogen) atoms. The molecule has 0 aromatic carbocycles. The van der Waals surface area contributed by atoms with Crippen molar-refractivity contribution in [2.24, 2.45) is 7.05 Å². The summed E-state index contributed by atoms with van der Waals surface area (Å²) in [5, 5.41) is 4.28. The van der Waals surface area contributed by atoms with Crippen LogP contribution in [0.15, 0.2) is 12.3 Å². The first kappa shape index (κ1) is 8.78. The molecule has 1 unspecified atom stereocenters. The predicted octanol–water partition coefficient (Wildman–Crippen LogP) is 2.14. The van der Waals surface area contributed by atoms with Gasteiger partial charge in [-0.1, -0.05) is 22.9 Å². The van der Waals surface area contributed by atoms with E-state index in [0.717, 1.165) is 12.8 Å². The van der Waals surface area contributed by atoms with Crippen LogP contribution in [0, 0.1) is 0 Å². The number of halogens is 1. The standard InChI is InChI=1S/C8H13BrN2/c1-7(9)3-4-8-5-6-11(2)10-8/h5-7H,3-4H2,1-2H3. The van der Waals surface area contributed by atoms with Crippen molar-refractivity contribution in [2.45, 2.75) is 24.6 Å². The lowest BCUT2D eigenvalue weighted by Crippen LogP contribution is -1.96. The maximum absolute atomic E-state index is 4.28. The zero-order valence-electron chi connectivity index (χ0n) is 6.92. The van der Waals surface area contributed by atoms with Crippen LogP contribution in [0.4, 0.5) is 0 Å². The predicted molar refractivity (Wildman–Crippen MR) is 49.9 cm³/mol. The zero-order valence-corrected chi connectivity index (χ0v) is 8.50. The molecule has 0 radical (unpaired) electrons. The van der Waals surface area contributed by atoms with Crippen LogP contribution in [0.5, 0.6) is 0 Å². The topological polar surface area (TPSA) is 17.8 Å². The van der Waals surface area contributed by atoms with Gasteiger partial charge in [-0.3, -0.25) is 4.68 Å². The molecule has 0 aliphatic carbocycles. The van der Waals surface area contributed by atoms with E-state index in [9.17, 15) is 0 Å². The van der Waals surface area contributed by atoms with Crippen molar-refractivity contribution in [3.05, 3.63) is 18.0 Å². The molecule has 62 valence electrons. The maximum atomic E-state index is 4.28. The molecule has 2 nitrogen and oxygen atoms in total. The molecule has 0 amide bonds. The van der Waals surface area contributed by atoms with Gasteiger partial charge in [0.25, 0.3) is 0 Å². The van der Waals surface area contributed by atoms with Gasteiger partial charge in [-0.05, 0) is 18.9 Å². The molecule has 0 saturated heterocycles. The van der Waals surface area contributed by atoms with Crippen LogP contribution in [0.2, 0.25) is 0 Å². The Hall–Kier alpha value is -0.310. The second kappa shape index (κ2) is 3.90. The molecule has 0 spiro atoms. The summed E-state index contributed by atoms with van der Waals surface area (Å²) in [5.74, 6) is 0. The Morgan fingerprint density at radius 2 is 2.45 bits per heavy atom. The molecule has 1 atom stereocenters. The molecule has 0 aliphatic rings. The third kappa shape index (κ3) is 3.06. The third-order valence-corrected chi connectivity index (χ3v) is 2.02. The Balaban J connectivity index is 2.39. The van der Waals surface area contributed by atoms with E-state index < -0.39 is 0 Å². The number of nitrogens with zero attached hydrogens (tertiary/aromatic N) is 2. The molecule has 0 aliphatic heterocycles. The maximum Gasteiger partial charge on any atom is 0.0624 e. The molecule has 0 bridgehead atoms. The van der Waals surface area contributed by atoms with Crippen LogP contribution < -0.4 is 0 Å². The number of alkyl halides is 1. The van der Waals surface area contributed by atoms with Gasteiger partial charge >= 0.3 is 0 Å². The number of aryl methyl sites for hydroxylation is 2. The fourth-order valence-corrected chi connectivity index (χ4v) is 1.17. The van der Waals surface area contributed by atoms with E-state index in [0.29, 0.717) is 4.83 Å². The van der Waals surface area contributed by atoms with Gasteiger partial charge in [0.05, 0.1) is 5.69 Å². The smallest absolute Gasteiger partial charge is 0.0624 e. The molecule has 0 fully saturated rings. The highest BCUT2D eigenvalue weighted by Crippen LogP contribution is 2.07. The van der Waals surface area contributed by atoms with Crippen molar-refractivity contribution in [3.8, 4) is 0 Å². The summed E-state index contributed by atoms with van der Waals surface area (Å²) in [6, 6.07) is 2.06. The van der Waals surface area contributed by atoms with Crippen LogP contribution in [-0.2, 0) is 13.5 Å². The highest BCUT2D eigenvalue weighted by Gasteiger charge is 1.99. The van der Waals surface area contributed by atoms with Gasteiger partial charge in [-0.15, -0.1) is 0 Å². The summed E-state index contributed by atoms with van der Waals surface area (Å²) >= 11 is 3.50. The number of hydrogen-bond acceptors (Lipinski definition) is 1. The number of hydrogen-bond donors (Lipinski definition) is 0. The minimum Gasteiger partial charge on any atom is -0.276 e. The Labute approximate surface area is 75.7 Å². The Morgan fingerprint density at radius 1 is 1.73 bits per heavy atom. The van der Waals surface area contributed by atoms with Gasteiger partial charge in [0, 0.05) is 18.1 Å². The van der Waals surface area contributed by atoms with Crippen LogP contribution in [0.25, 0.3) is 0 Å².